The Labute approximate surface area is 160 Å². The van der Waals surface area contributed by atoms with Crippen LogP contribution in [0.1, 0.15) is 36.5 Å². The summed E-state index contributed by atoms with van der Waals surface area (Å²) in [6.07, 6.45) is 5.50. The summed E-state index contributed by atoms with van der Waals surface area (Å²) in [6.45, 7) is 5.58. The molecule has 3 aromatic rings. The fourth-order valence-corrected chi connectivity index (χ4v) is 2.70. The molecule has 140 valence electrons. The number of rotatable bonds is 8. The number of nitrogens with zero attached hydrogens (tertiary/aromatic N) is 2. The van der Waals surface area contributed by atoms with Gasteiger partial charge in [0.15, 0.2) is 6.61 Å². The number of aromatic nitrogens is 2. The fraction of sp³-hybridized carbons (Fsp3) is 0.273. The second-order valence-corrected chi connectivity index (χ2v) is 6.84. The standard InChI is InChI=1S/C22H25N3O2/c1-17(2)20-7-9-21(10-8-20)27-15-22(26)24-13-18-3-5-19(6-4-18)14-25-12-11-23-16-25/h3-12,16-17H,13-15H2,1-2H3,(H,24,26). The molecule has 0 fully saturated rings. The lowest BCUT2D eigenvalue weighted by molar-refractivity contribution is -0.123. The Balaban J connectivity index is 1.42. The van der Waals surface area contributed by atoms with E-state index in [1.54, 1.807) is 12.5 Å². The van der Waals surface area contributed by atoms with Gasteiger partial charge in [-0.1, -0.05) is 50.2 Å². The van der Waals surface area contributed by atoms with Gasteiger partial charge in [-0.3, -0.25) is 4.79 Å². The second kappa shape index (κ2) is 9.03. The van der Waals surface area contributed by atoms with Crippen molar-refractivity contribution in [3.8, 4) is 5.75 Å². The van der Waals surface area contributed by atoms with Gasteiger partial charge in [0.05, 0.1) is 6.33 Å². The second-order valence-electron chi connectivity index (χ2n) is 6.84. The Morgan fingerprint density at radius 3 is 2.41 bits per heavy atom. The van der Waals surface area contributed by atoms with Gasteiger partial charge in [-0.2, -0.15) is 0 Å². The highest BCUT2D eigenvalue weighted by atomic mass is 16.5. The van der Waals surface area contributed by atoms with E-state index in [2.05, 4.69) is 36.3 Å². The molecule has 0 aliphatic heterocycles. The average molecular weight is 363 g/mol. The van der Waals surface area contributed by atoms with Crippen molar-refractivity contribution in [2.45, 2.75) is 32.9 Å². The molecule has 0 spiro atoms. The zero-order valence-electron chi connectivity index (χ0n) is 15.8. The molecular formula is C22H25N3O2. The predicted octanol–water partition coefficient (Wildman–Crippen LogP) is 3.75. The lowest BCUT2D eigenvalue weighted by Crippen LogP contribution is -2.28. The maximum absolute atomic E-state index is 12.0. The molecule has 0 aliphatic carbocycles. The van der Waals surface area contributed by atoms with Crippen molar-refractivity contribution in [2.75, 3.05) is 6.61 Å². The highest BCUT2D eigenvalue weighted by Gasteiger charge is 2.04. The van der Waals surface area contributed by atoms with Gasteiger partial charge >= 0.3 is 0 Å². The summed E-state index contributed by atoms with van der Waals surface area (Å²) in [5.74, 6) is 1.05. The van der Waals surface area contributed by atoms with Crippen LogP contribution in [0.25, 0.3) is 0 Å². The van der Waals surface area contributed by atoms with Crippen molar-refractivity contribution in [1.82, 2.24) is 14.9 Å². The molecule has 0 saturated carbocycles. The average Bonchev–Trinajstić information content (AvgIpc) is 3.19. The summed E-state index contributed by atoms with van der Waals surface area (Å²) < 4.78 is 7.56. The molecule has 1 aromatic heterocycles. The Morgan fingerprint density at radius 2 is 1.78 bits per heavy atom. The van der Waals surface area contributed by atoms with Crippen molar-refractivity contribution in [3.05, 3.63) is 83.9 Å². The number of carbonyl (C=O) groups excluding carboxylic acids is 1. The molecule has 0 radical (unpaired) electrons. The minimum Gasteiger partial charge on any atom is -0.484 e. The van der Waals surface area contributed by atoms with E-state index in [0.29, 0.717) is 18.2 Å². The number of amides is 1. The first-order valence-corrected chi connectivity index (χ1v) is 9.13. The number of carbonyl (C=O) groups is 1. The molecular weight excluding hydrogens is 338 g/mol. The lowest BCUT2D eigenvalue weighted by Gasteiger charge is -2.10. The molecule has 0 unspecified atom stereocenters. The molecule has 1 N–H and O–H groups in total. The minimum absolute atomic E-state index is 0.0136. The Kier molecular flexibility index (Phi) is 6.26. The van der Waals surface area contributed by atoms with Crippen LogP contribution >= 0.6 is 0 Å². The van der Waals surface area contributed by atoms with Crippen molar-refractivity contribution in [2.24, 2.45) is 0 Å². The van der Waals surface area contributed by atoms with Gasteiger partial charge in [0.2, 0.25) is 0 Å². The third-order valence-electron chi connectivity index (χ3n) is 4.35. The molecule has 5 nitrogen and oxygen atoms in total. The zero-order chi connectivity index (χ0) is 19.1. The molecule has 1 heterocycles. The van der Waals surface area contributed by atoms with Crippen LogP contribution in [0, 0.1) is 0 Å². The van der Waals surface area contributed by atoms with Crippen molar-refractivity contribution >= 4 is 5.91 Å². The number of ether oxygens (including phenoxy) is 1. The highest BCUT2D eigenvalue weighted by Crippen LogP contribution is 2.18. The smallest absolute Gasteiger partial charge is 0.258 e. The fourth-order valence-electron chi connectivity index (χ4n) is 2.70. The van der Waals surface area contributed by atoms with Crippen molar-refractivity contribution in [3.63, 3.8) is 0 Å². The number of hydrogen-bond acceptors (Lipinski definition) is 3. The van der Waals surface area contributed by atoms with E-state index in [1.807, 2.05) is 47.2 Å². The van der Waals surface area contributed by atoms with Gasteiger partial charge in [0.1, 0.15) is 5.75 Å². The molecule has 3 rings (SSSR count). The maximum Gasteiger partial charge on any atom is 0.258 e. The van der Waals surface area contributed by atoms with Gasteiger partial charge in [-0.15, -0.1) is 0 Å². The van der Waals surface area contributed by atoms with Gasteiger partial charge in [-0.25, -0.2) is 4.98 Å². The van der Waals surface area contributed by atoms with Crippen LogP contribution < -0.4 is 10.1 Å². The molecule has 0 atom stereocenters. The molecule has 27 heavy (non-hydrogen) atoms. The number of imidazole rings is 1. The first kappa shape index (κ1) is 18.7. The van der Waals surface area contributed by atoms with Crippen LogP contribution in [-0.4, -0.2) is 22.1 Å². The zero-order valence-corrected chi connectivity index (χ0v) is 15.8. The lowest BCUT2D eigenvalue weighted by atomic mass is 10.0. The Hall–Kier alpha value is -3.08. The molecule has 5 heteroatoms. The summed E-state index contributed by atoms with van der Waals surface area (Å²) >= 11 is 0. The molecule has 1 amide bonds. The van der Waals surface area contributed by atoms with E-state index in [4.69, 9.17) is 4.74 Å². The van der Waals surface area contributed by atoms with E-state index < -0.39 is 0 Å². The molecule has 0 bridgehead atoms. The summed E-state index contributed by atoms with van der Waals surface area (Å²) in [7, 11) is 0. The van der Waals surface area contributed by atoms with Crippen LogP contribution in [0.15, 0.2) is 67.3 Å². The predicted molar refractivity (Wildman–Crippen MR) is 106 cm³/mol. The van der Waals surface area contributed by atoms with Gasteiger partial charge in [-0.05, 0) is 34.7 Å². The number of nitrogens with one attached hydrogen (secondary N) is 1. The van der Waals surface area contributed by atoms with E-state index in [-0.39, 0.29) is 12.5 Å². The van der Waals surface area contributed by atoms with Crippen LogP contribution in [0.3, 0.4) is 0 Å². The van der Waals surface area contributed by atoms with E-state index in [9.17, 15) is 4.79 Å². The highest BCUT2D eigenvalue weighted by molar-refractivity contribution is 5.77. The summed E-state index contributed by atoms with van der Waals surface area (Å²) in [5, 5.41) is 2.88. The van der Waals surface area contributed by atoms with E-state index >= 15 is 0 Å². The summed E-state index contributed by atoms with van der Waals surface area (Å²) in [5.41, 5.74) is 3.50. The largest absolute Gasteiger partial charge is 0.484 e. The minimum atomic E-state index is -0.134. The summed E-state index contributed by atoms with van der Waals surface area (Å²) in [4.78, 5) is 16.0. The van der Waals surface area contributed by atoms with Gasteiger partial charge < -0.3 is 14.6 Å². The maximum atomic E-state index is 12.0. The van der Waals surface area contributed by atoms with E-state index in [1.165, 1.54) is 11.1 Å². The third-order valence-corrected chi connectivity index (χ3v) is 4.35. The molecule has 0 saturated heterocycles. The van der Waals surface area contributed by atoms with Gasteiger partial charge in [0, 0.05) is 25.5 Å². The van der Waals surface area contributed by atoms with E-state index in [0.717, 1.165) is 12.1 Å². The van der Waals surface area contributed by atoms with Crippen LogP contribution in [-0.2, 0) is 17.9 Å². The van der Waals surface area contributed by atoms with Crippen LogP contribution in [0.2, 0.25) is 0 Å². The van der Waals surface area contributed by atoms with Crippen molar-refractivity contribution in [1.29, 1.82) is 0 Å². The normalized spacial score (nSPS) is 10.8. The Morgan fingerprint density at radius 1 is 1.07 bits per heavy atom. The third kappa shape index (κ3) is 5.71. The number of benzene rings is 2. The van der Waals surface area contributed by atoms with Crippen molar-refractivity contribution < 1.29 is 9.53 Å². The van der Waals surface area contributed by atoms with Crippen LogP contribution in [0.4, 0.5) is 0 Å². The topological polar surface area (TPSA) is 56.1 Å². The Bertz CT molecular complexity index is 838. The first-order valence-electron chi connectivity index (χ1n) is 9.13. The van der Waals surface area contributed by atoms with Crippen LogP contribution in [0.5, 0.6) is 5.75 Å². The number of hydrogen-bond donors (Lipinski definition) is 1. The monoisotopic (exact) mass is 363 g/mol. The first-order chi connectivity index (χ1) is 13.1. The summed E-state index contributed by atoms with van der Waals surface area (Å²) in [6, 6.07) is 16.0. The molecule has 0 aliphatic rings. The molecule has 2 aromatic carbocycles. The quantitative estimate of drug-likeness (QED) is 0.663. The van der Waals surface area contributed by atoms with Gasteiger partial charge in [0.25, 0.3) is 5.91 Å². The SMILES string of the molecule is CC(C)c1ccc(OCC(=O)NCc2ccc(Cn3ccnc3)cc2)cc1.